The fourth-order valence-corrected chi connectivity index (χ4v) is 1.61. The molecule has 14 heavy (non-hydrogen) atoms. The highest BCUT2D eigenvalue weighted by Gasteiger charge is 2.26. The van der Waals surface area contributed by atoms with Crippen LogP contribution < -0.4 is 10.6 Å². The molecule has 3 heteroatoms. The van der Waals surface area contributed by atoms with Gasteiger partial charge in [0.2, 0.25) is 5.91 Å². The fourth-order valence-electron chi connectivity index (χ4n) is 1.61. The number of hydrogen-bond acceptors (Lipinski definition) is 2. The van der Waals surface area contributed by atoms with Gasteiger partial charge in [0.15, 0.2) is 0 Å². The molecule has 0 aromatic rings. The second-order valence-electron chi connectivity index (χ2n) is 4.01. The third-order valence-electron chi connectivity index (χ3n) is 2.64. The molecular formula is C11H20N2O. The maximum absolute atomic E-state index is 11.6. The van der Waals surface area contributed by atoms with Gasteiger partial charge in [-0.05, 0) is 13.3 Å². The van der Waals surface area contributed by atoms with Crippen LogP contribution in [0.4, 0.5) is 0 Å². The number of carbonyl (C=O) groups is 1. The minimum Gasteiger partial charge on any atom is -0.347 e. The number of hydrogen-bond donors (Lipinski definition) is 2. The molecule has 0 bridgehead atoms. The Morgan fingerprint density at radius 1 is 1.64 bits per heavy atom. The Morgan fingerprint density at radius 2 is 2.36 bits per heavy atom. The van der Waals surface area contributed by atoms with Gasteiger partial charge in [-0.15, -0.1) is 0 Å². The van der Waals surface area contributed by atoms with Gasteiger partial charge >= 0.3 is 0 Å². The van der Waals surface area contributed by atoms with E-state index in [4.69, 9.17) is 0 Å². The summed E-state index contributed by atoms with van der Waals surface area (Å²) in [6.45, 7) is 8.74. The molecule has 0 saturated carbocycles. The van der Waals surface area contributed by atoms with Crippen LogP contribution in [0.2, 0.25) is 0 Å². The lowest BCUT2D eigenvalue weighted by atomic mass is 10.0. The highest BCUT2D eigenvalue weighted by Crippen LogP contribution is 2.08. The predicted molar refractivity (Wildman–Crippen MR) is 58.1 cm³/mol. The maximum Gasteiger partial charge on any atom is 0.237 e. The molecule has 1 heterocycles. The van der Waals surface area contributed by atoms with Gasteiger partial charge in [0, 0.05) is 6.54 Å². The van der Waals surface area contributed by atoms with Crippen LogP contribution in [0.3, 0.4) is 0 Å². The van der Waals surface area contributed by atoms with Gasteiger partial charge in [-0.2, -0.15) is 0 Å². The zero-order chi connectivity index (χ0) is 10.6. The first-order valence-corrected chi connectivity index (χ1v) is 5.34. The van der Waals surface area contributed by atoms with Gasteiger partial charge in [0.05, 0.1) is 12.1 Å². The molecule has 0 unspecified atom stereocenters. The van der Waals surface area contributed by atoms with Crippen LogP contribution in [0.5, 0.6) is 0 Å². The highest BCUT2D eigenvalue weighted by atomic mass is 16.2. The maximum atomic E-state index is 11.6. The molecule has 0 aromatic carbocycles. The number of nitrogens with one attached hydrogen (secondary N) is 2. The molecule has 0 spiro atoms. The normalized spacial score (nSPS) is 27.1. The number of rotatable bonds is 4. The molecule has 1 fully saturated rings. The molecule has 0 radical (unpaired) electrons. The number of unbranched alkanes of at least 4 members (excludes halogenated alkanes) is 1. The lowest BCUT2D eigenvalue weighted by Crippen LogP contribution is -2.58. The van der Waals surface area contributed by atoms with E-state index < -0.39 is 0 Å². The molecule has 1 aliphatic heterocycles. The third-order valence-corrected chi connectivity index (χ3v) is 2.64. The quantitative estimate of drug-likeness (QED) is 0.664. The van der Waals surface area contributed by atoms with Crippen molar-refractivity contribution in [2.75, 3.05) is 6.54 Å². The van der Waals surface area contributed by atoms with E-state index >= 15 is 0 Å². The van der Waals surface area contributed by atoms with Crippen LogP contribution in [0.15, 0.2) is 12.2 Å². The van der Waals surface area contributed by atoms with Crippen molar-refractivity contribution in [1.82, 2.24) is 10.6 Å². The third kappa shape index (κ3) is 2.84. The second kappa shape index (κ2) is 5.15. The highest BCUT2D eigenvalue weighted by molar-refractivity contribution is 5.83. The molecule has 1 rings (SSSR count). The van der Waals surface area contributed by atoms with Crippen molar-refractivity contribution in [3.8, 4) is 0 Å². The number of carbonyl (C=O) groups excluding carboxylic acids is 1. The van der Waals surface area contributed by atoms with Crippen LogP contribution in [-0.2, 0) is 4.79 Å². The molecule has 2 atom stereocenters. The molecule has 3 nitrogen and oxygen atoms in total. The van der Waals surface area contributed by atoms with E-state index in [-0.39, 0.29) is 18.0 Å². The van der Waals surface area contributed by atoms with E-state index in [1.165, 1.54) is 0 Å². The van der Waals surface area contributed by atoms with Crippen LogP contribution in [0.1, 0.15) is 33.1 Å². The minimum absolute atomic E-state index is 0.00514. The van der Waals surface area contributed by atoms with Crippen LogP contribution >= 0.6 is 0 Å². The summed E-state index contributed by atoms with van der Waals surface area (Å²) in [5.74, 6) is 0.123. The van der Waals surface area contributed by atoms with Crippen molar-refractivity contribution in [3.63, 3.8) is 0 Å². The van der Waals surface area contributed by atoms with E-state index in [0.29, 0.717) is 0 Å². The number of amides is 1. The largest absolute Gasteiger partial charge is 0.347 e. The summed E-state index contributed by atoms with van der Waals surface area (Å²) in [4.78, 5) is 11.6. The summed E-state index contributed by atoms with van der Waals surface area (Å²) in [5, 5.41) is 6.24. The molecule has 2 N–H and O–H groups in total. The average molecular weight is 196 g/mol. The molecule has 1 aliphatic rings. The zero-order valence-corrected chi connectivity index (χ0v) is 9.10. The topological polar surface area (TPSA) is 41.1 Å². The van der Waals surface area contributed by atoms with E-state index in [1.807, 2.05) is 6.92 Å². The number of piperazine rings is 1. The summed E-state index contributed by atoms with van der Waals surface area (Å²) >= 11 is 0. The average Bonchev–Trinajstić information content (AvgIpc) is 2.15. The Hall–Kier alpha value is -0.830. The van der Waals surface area contributed by atoms with Gasteiger partial charge in [-0.1, -0.05) is 31.9 Å². The Balaban J connectivity index is 2.40. The first-order chi connectivity index (χ1) is 6.65. The van der Waals surface area contributed by atoms with E-state index in [2.05, 4.69) is 24.1 Å². The summed E-state index contributed by atoms with van der Waals surface area (Å²) in [7, 11) is 0. The molecular weight excluding hydrogens is 176 g/mol. The summed E-state index contributed by atoms with van der Waals surface area (Å²) in [5.41, 5.74) is 1.01. The van der Waals surface area contributed by atoms with Gasteiger partial charge in [-0.3, -0.25) is 4.79 Å². The second-order valence-corrected chi connectivity index (χ2v) is 4.01. The first kappa shape index (κ1) is 11.2. The van der Waals surface area contributed by atoms with Crippen molar-refractivity contribution in [2.45, 2.75) is 45.2 Å². The van der Waals surface area contributed by atoms with Crippen LogP contribution in [-0.4, -0.2) is 24.5 Å². The monoisotopic (exact) mass is 196 g/mol. The summed E-state index contributed by atoms with van der Waals surface area (Å²) in [6.07, 6.45) is 3.17. The molecule has 1 amide bonds. The Labute approximate surface area is 86.0 Å². The van der Waals surface area contributed by atoms with Gasteiger partial charge < -0.3 is 10.6 Å². The van der Waals surface area contributed by atoms with Crippen LogP contribution in [0.25, 0.3) is 0 Å². The van der Waals surface area contributed by atoms with Crippen molar-refractivity contribution >= 4 is 5.91 Å². The summed E-state index contributed by atoms with van der Waals surface area (Å²) < 4.78 is 0. The lowest BCUT2D eigenvalue weighted by molar-refractivity contribution is -0.125. The van der Waals surface area contributed by atoms with Crippen molar-refractivity contribution in [3.05, 3.63) is 12.2 Å². The molecule has 1 saturated heterocycles. The minimum atomic E-state index is 0.00514. The molecule has 80 valence electrons. The standard InChI is InChI=1S/C11H20N2O/c1-4-5-6-9-11(14)13-10(7-12-9)8(2)3/h9-10,12H,2,4-7H2,1,3H3,(H,13,14)/t9-,10+/m0/s1. The van der Waals surface area contributed by atoms with Crippen molar-refractivity contribution in [1.29, 1.82) is 0 Å². The molecule has 0 aromatic heterocycles. The van der Waals surface area contributed by atoms with Gasteiger partial charge in [-0.25, -0.2) is 0 Å². The van der Waals surface area contributed by atoms with Gasteiger partial charge in [0.1, 0.15) is 0 Å². The molecule has 0 aliphatic carbocycles. The van der Waals surface area contributed by atoms with Crippen molar-refractivity contribution in [2.24, 2.45) is 0 Å². The summed E-state index contributed by atoms with van der Waals surface area (Å²) in [6, 6.07) is 0.117. The Kier molecular flexibility index (Phi) is 4.14. The van der Waals surface area contributed by atoms with Crippen molar-refractivity contribution < 1.29 is 4.79 Å². The first-order valence-electron chi connectivity index (χ1n) is 5.34. The predicted octanol–water partition coefficient (Wildman–Crippen LogP) is 1.21. The van der Waals surface area contributed by atoms with Gasteiger partial charge in [0.25, 0.3) is 0 Å². The van der Waals surface area contributed by atoms with E-state index in [9.17, 15) is 4.79 Å². The zero-order valence-electron chi connectivity index (χ0n) is 9.10. The lowest BCUT2D eigenvalue weighted by Gasteiger charge is -2.30. The van der Waals surface area contributed by atoms with E-state index in [1.54, 1.807) is 0 Å². The Morgan fingerprint density at radius 3 is 2.86 bits per heavy atom. The fraction of sp³-hybridized carbons (Fsp3) is 0.727. The smallest absolute Gasteiger partial charge is 0.237 e. The SMILES string of the molecule is C=C(C)[C@H]1CN[C@@H](CCCC)C(=O)N1. The van der Waals surface area contributed by atoms with Crippen LogP contribution in [0, 0.1) is 0 Å². The Bertz CT molecular complexity index is 225. The van der Waals surface area contributed by atoms with E-state index in [0.717, 1.165) is 31.4 Å².